The Labute approximate surface area is 159 Å². The number of hydrogen-bond acceptors (Lipinski definition) is 3. The molecule has 4 atom stereocenters. The molecule has 0 radical (unpaired) electrons. The summed E-state index contributed by atoms with van der Waals surface area (Å²) in [5.41, 5.74) is 1.81. The Morgan fingerprint density at radius 1 is 0.852 bits per heavy atom. The van der Waals surface area contributed by atoms with E-state index < -0.39 is 23.8 Å². The van der Waals surface area contributed by atoms with E-state index in [1.807, 2.05) is 79.7 Å². The molecular formula is C23H24O4. The van der Waals surface area contributed by atoms with Gasteiger partial charge in [0.25, 0.3) is 0 Å². The van der Waals surface area contributed by atoms with Crippen LogP contribution in [0.3, 0.4) is 0 Å². The summed E-state index contributed by atoms with van der Waals surface area (Å²) in [6.07, 6.45) is 4.59. The van der Waals surface area contributed by atoms with Gasteiger partial charge in [-0.15, -0.1) is 0 Å². The Balaban J connectivity index is 2.06. The van der Waals surface area contributed by atoms with Crippen molar-refractivity contribution in [3.8, 4) is 0 Å². The van der Waals surface area contributed by atoms with E-state index in [1.165, 1.54) is 0 Å². The summed E-state index contributed by atoms with van der Waals surface area (Å²) in [6, 6.07) is 19.0. The maximum Gasteiger partial charge on any atom is 0.310 e. The third-order valence-corrected chi connectivity index (χ3v) is 5.06. The third-order valence-electron chi connectivity index (χ3n) is 5.06. The summed E-state index contributed by atoms with van der Waals surface area (Å²) in [5, 5.41) is 10.0. The van der Waals surface area contributed by atoms with E-state index in [0.29, 0.717) is 13.0 Å². The predicted octanol–water partition coefficient (Wildman–Crippen LogP) is 4.39. The summed E-state index contributed by atoms with van der Waals surface area (Å²) in [6.45, 7) is 2.22. The highest BCUT2D eigenvalue weighted by Gasteiger charge is 2.46. The number of allylic oxidation sites excluding steroid dienone is 2. The lowest BCUT2D eigenvalue weighted by Crippen LogP contribution is -2.40. The van der Waals surface area contributed by atoms with E-state index >= 15 is 0 Å². The Bertz CT molecular complexity index is 798. The highest BCUT2D eigenvalue weighted by molar-refractivity contribution is 5.84. The molecule has 27 heavy (non-hydrogen) atoms. The maximum atomic E-state index is 12.9. The van der Waals surface area contributed by atoms with E-state index in [0.717, 1.165) is 11.1 Å². The monoisotopic (exact) mass is 364 g/mol. The standard InChI is InChI=1S/C23H24O4/c1-2-15-27-23(26)21-19(17-11-7-4-8-12-17)14-13-18(20(21)22(24)25)16-9-5-3-6-10-16/h3-14,18-21H,2,15H2,1H3,(H,24,25). The minimum atomic E-state index is -0.979. The molecule has 4 unspecified atom stereocenters. The van der Waals surface area contributed by atoms with E-state index in [1.54, 1.807) is 0 Å². The number of ether oxygens (including phenoxy) is 1. The molecule has 4 heteroatoms. The lowest BCUT2D eigenvalue weighted by atomic mass is 9.66. The average Bonchev–Trinajstić information content (AvgIpc) is 2.72. The van der Waals surface area contributed by atoms with Crippen LogP contribution < -0.4 is 0 Å². The van der Waals surface area contributed by atoms with E-state index in [2.05, 4.69) is 0 Å². The van der Waals surface area contributed by atoms with Crippen LogP contribution >= 0.6 is 0 Å². The Kier molecular flexibility index (Phi) is 6.07. The van der Waals surface area contributed by atoms with Gasteiger partial charge in [-0.1, -0.05) is 79.7 Å². The highest BCUT2D eigenvalue weighted by atomic mass is 16.5. The zero-order chi connectivity index (χ0) is 19.2. The minimum absolute atomic E-state index is 0.295. The van der Waals surface area contributed by atoms with Gasteiger partial charge in [-0.2, -0.15) is 0 Å². The van der Waals surface area contributed by atoms with Gasteiger partial charge in [-0.25, -0.2) is 0 Å². The van der Waals surface area contributed by atoms with Crippen LogP contribution in [0.25, 0.3) is 0 Å². The number of carbonyl (C=O) groups excluding carboxylic acids is 1. The molecule has 0 spiro atoms. The fourth-order valence-corrected chi connectivity index (χ4v) is 3.81. The van der Waals surface area contributed by atoms with Crippen molar-refractivity contribution in [2.75, 3.05) is 6.61 Å². The van der Waals surface area contributed by atoms with Gasteiger partial charge >= 0.3 is 11.9 Å². The van der Waals surface area contributed by atoms with Gasteiger partial charge in [0.15, 0.2) is 0 Å². The predicted molar refractivity (Wildman–Crippen MR) is 103 cm³/mol. The molecule has 1 N–H and O–H groups in total. The van der Waals surface area contributed by atoms with Crippen LogP contribution in [0.15, 0.2) is 72.8 Å². The molecule has 0 aromatic heterocycles. The minimum Gasteiger partial charge on any atom is -0.481 e. The largest absolute Gasteiger partial charge is 0.481 e. The number of rotatable bonds is 6. The molecule has 3 rings (SSSR count). The van der Waals surface area contributed by atoms with Gasteiger partial charge in [-0.05, 0) is 17.5 Å². The summed E-state index contributed by atoms with van der Waals surface area (Å²) >= 11 is 0. The van der Waals surface area contributed by atoms with Crippen LogP contribution in [0.1, 0.15) is 36.3 Å². The Hall–Kier alpha value is -2.88. The van der Waals surface area contributed by atoms with Crippen molar-refractivity contribution < 1.29 is 19.4 Å². The van der Waals surface area contributed by atoms with Crippen LogP contribution in [-0.4, -0.2) is 23.7 Å². The fraction of sp³-hybridized carbons (Fsp3) is 0.304. The molecule has 0 heterocycles. The lowest BCUT2D eigenvalue weighted by Gasteiger charge is -2.36. The van der Waals surface area contributed by atoms with E-state index in [4.69, 9.17) is 4.74 Å². The molecule has 0 fully saturated rings. The van der Waals surface area contributed by atoms with Gasteiger partial charge in [0.05, 0.1) is 18.4 Å². The second-order valence-electron chi connectivity index (χ2n) is 6.82. The second kappa shape index (κ2) is 8.67. The molecule has 0 saturated heterocycles. The smallest absolute Gasteiger partial charge is 0.310 e. The lowest BCUT2D eigenvalue weighted by molar-refractivity contribution is -0.159. The maximum absolute atomic E-state index is 12.9. The molecule has 140 valence electrons. The van der Waals surface area contributed by atoms with E-state index in [-0.39, 0.29) is 11.8 Å². The first-order valence-corrected chi connectivity index (χ1v) is 9.31. The topological polar surface area (TPSA) is 63.6 Å². The molecule has 2 aromatic carbocycles. The van der Waals surface area contributed by atoms with Crippen molar-refractivity contribution >= 4 is 11.9 Å². The van der Waals surface area contributed by atoms with Gasteiger partial charge in [0.2, 0.25) is 0 Å². The zero-order valence-corrected chi connectivity index (χ0v) is 15.3. The highest BCUT2D eigenvalue weighted by Crippen LogP contribution is 2.45. The van der Waals surface area contributed by atoms with Crippen molar-refractivity contribution in [1.29, 1.82) is 0 Å². The van der Waals surface area contributed by atoms with Crippen LogP contribution in [0.2, 0.25) is 0 Å². The second-order valence-corrected chi connectivity index (χ2v) is 6.82. The van der Waals surface area contributed by atoms with E-state index in [9.17, 15) is 14.7 Å². The number of carbonyl (C=O) groups is 2. The van der Waals surface area contributed by atoms with Gasteiger partial charge < -0.3 is 9.84 Å². The van der Waals surface area contributed by atoms with Crippen molar-refractivity contribution in [3.05, 3.63) is 83.9 Å². The molecule has 4 nitrogen and oxygen atoms in total. The molecule has 0 bridgehead atoms. The van der Waals surface area contributed by atoms with Crippen LogP contribution in [-0.2, 0) is 14.3 Å². The molecular weight excluding hydrogens is 340 g/mol. The SMILES string of the molecule is CCCOC(=O)C1C(c2ccccc2)C=CC(c2ccccc2)C1C(=O)O. The molecule has 1 aliphatic rings. The summed E-state index contributed by atoms with van der Waals surface area (Å²) in [7, 11) is 0. The molecule has 1 aliphatic carbocycles. The van der Waals surface area contributed by atoms with Crippen LogP contribution in [0, 0.1) is 11.8 Å². The Morgan fingerprint density at radius 2 is 1.33 bits per heavy atom. The number of aliphatic carboxylic acids is 1. The number of carboxylic acids is 1. The van der Waals surface area contributed by atoms with Crippen molar-refractivity contribution in [2.45, 2.75) is 25.2 Å². The number of hydrogen-bond donors (Lipinski definition) is 1. The number of esters is 1. The molecule has 0 saturated carbocycles. The molecule has 2 aromatic rings. The van der Waals surface area contributed by atoms with Gasteiger partial charge in [0, 0.05) is 11.8 Å². The molecule has 0 amide bonds. The van der Waals surface area contributed by atoms with Crippen molar-refractivity contribution in [1.82, 2.24) is 0 Å². The molecule has 0 aliphatic heterocycles. The first-order chi connectivity index (χ1) is 13.1. The van der Waals surface area contributed by atoms with Gasteiger partial charge in [0.1, 0.15) is 0 Å². The van der Waals surface area contributed by atoms with Crippen LogP contribution in [0.4, 0.5) is 0 Å². The van der Waals surface area contributed by atoms with Crippen molar-refractivity contribution in [2.24, 2.45) is 11.8 Å². The zero-order valence-electron chi connectivity index (χ0n) is 15.3. The van der Waals surface area contributed by atoms with Crippen molar-refractivity contribution in [3.63, 3.8) is 0 Å². The quantitative estimate of drug-likeness (QED) is 0.610. The number of benzene rings is 2. The van der Waals surface area contributed by atoms with Crippen LogP contribution in [0.5, 0.6) is 0 Å². The third kappa shape index (κ3) is 4.11. The summed E-state index contributed by atoms with van der Waals surface area (Å²) < 4.78 is 5.41. The average molecular weight is 364 g/mol. The number of carboxylic acid groups (broad SMARTS) is 1. The Morgan fingerprint density at radius 3 is 1.78 bits per heavy atom. The normalized spacial score (nSPS) is 24.3. The first-order valence-electron chi connectivity index (χ1n) is 9.31. The summed E-state index contributed by atoms with van der Waals surface area (Å²) in [4.78, 5) is 25.2. The van der Waals surface area contributed by atoms with Gasteiger partial charge in [-0.3, -0.25) is 9.59 Å². The fourth-order valence-electron chi connectivity index (χ4n) is 3.81. The summed E-state index contributed by atoms with van der Waals surface area (Å²) in [5.74, 6) is -3.77. The first kappa shape index (κ1) is 18.9.